The number of halogens is 1. The predicted molar refractivity (Wildman–Crippen MR) is 75.9 cm³/mol. The van der Waals surface area contributed by atoms with Crippen LogP contribution in [0.3, 0.4) is 0 Å². The highest BCUT2D eigenvalue weighted by molar-refractivity contribution is 6.28. The third kappa shape index (κ3) is 3.67. The maximum Gasteiger partial charge on any atom is 0.231 e. The molecular formula is C12H20ClN5O. The Morgan fingerprint density at radius 2 is 1.95 bits per heavy atom. The lowest BCUT2D eigenvalue weighted by atomic mass is 10.1. The second-order valence-corrected chi connectivity index (χ2v) is 4.89. The molecule has 19 heavy (non-hydrogen) atoms. The second kappa shape index (κ2) is 6.86. The van der Waals surface area contributed by atoms with Crippen LogP contribution in [0, 0.1) is 0 Å². The van der Waals surface area contributed by atoms with Gasteiger partial charge >= 0.3 is 0 Å². The van der Waals surface area contributed by atoms with Crippen LogP contribution in [0.15, 0.2) is 0 Å². The number of anilines is 2. The summed E-state index contributed by atoms with van der Waals surface area (Å²) in [6, 6.07) is 0. The number of hydrogen-bond donors (Lipinski definition) is 1. The van der Waals surface area contributed by atoms with Crippen LogP contribution >= 0.6 is 11.6 Å². The van der Waals surface area contributed by atoms with E-state index in [1.807, 2.05) is 11.8 Å². The molecule has 0 saturated carbocycles. The van der Waals surface area contributed by atoms with E-state index in [4.69, 9.17) is 16.7 Å². The number of piperidine rings is 1. The van der Waals surface area contributed by atoms with E-state index in [0.29, 0.717) is 18.4 Å². The maximum absolute atomic E-state index is 9.06. The highest BCUT2D eigenvalue weighted by atomic mass is 35.5. The minimum absolute atomic E-state index is 0.0657. The molecule has 0 aromatic carbocycles. The van der Waals surface area contributed by atoms with E-state index in [-0.39, 0.29) is 11.9 Å². The molecule has 0 radical (unpaired) electrons. The zero-order valence-electron chi connectivity index (χ0n) is 11.2. The summed E-state index contributed by atoms with van der Waals surface area (Å²) in [5.41, 5.74) is 0. The van der Waals surface area contributed by atoms with Gasteiger partial charge in [0.25, 0.3) is 0 Å². The van der Waals surface area contributed by atoms with Crippen LogP contribution in [0.4, 0.5) is 11.9 Å². The van der Waals surface area contributed by atoms with Crippen molar-refractivity contribution in [2.24, 2.45) is 0 Å². The van der Waals surface area contributed by atoms with Gasteiger partial charge < -0.3 is 14.9 Å². The minimum atomic E-state index is 0.0657. The zero-order chi connectivity index (χ0) is 13.7. The number of hydrogen-bond acceptors (Lipinski definition) is 6. The second-order valence-electron chi connectivity index (χ2n) is 4.56. The first-order valence-corrected chi connectivity index (χ1v) is 7.14. The zero-order valence-corrected chi connectivity index (χ0v) is 12.0. The van der Waals surface area contributed by atoms with Crippen molar-refractivity contribution >= 4 is 23.5 Å². The first kappa shape index (κ1) is 14.3. The summed E-state index contributed by atoms with van der Waals surface area (Å²) in [6.07, 6.45) is 3.58. The Morgan fingerprint density at radius 1 is 1.21 bits per heavy atom. The standard InChI is InChI=1S/C12H20ClN5O/c1-2-17(8-9-19)11-14-10(13)15-12(16-11)18-6-4-3-5-7-18/h19H,2-9H2,1H3. The van der Waals surface area contributed by atoms with Gasteiger partial charge in [-0.05, 0) is 37.8 Å². The third-order valence-corrected chi connectivity index (χ3v) is 3.43. The summed E-state index contributed by atoms with van der Waals surface area (Å²) in [5, 5.41) is 9.27. The van der Waals surface area contributed by atoms with Crippen LogP contribution in [0.25, 0.3) is 0 Å². The fraction of sp³-hybridized carbons (Fsp3) is 0.750. The molecule has 0 aliphatic carbocycles. The Balaban J connectivity index is 2.22. The lowest BCUT2D eigenvalue weighted by Crippen LogP contribution is -2.33. The van der Waals surface area contributed by atoms with Crippen molar-refractivity contribution in [1.29, 1.82) is 0 Å². The average molecular weight is 286 g/mol. The summed E-state index contributed by atoms with van der Waals surface area (Å²) < 4.78 is 0. The molecule has 0 spiro atoms. The predicted octanol–water partition coefficient (Wildman–Crippen LogP) is 1.33. The summed E-state index contributed by atoms with van der Waals surface area (Å²) in [6.45, 7) is 5.21. The van der Waals surface area contributed by atoms with Crippen molar-refractivity contribution in [2.45, 2.75) is 26.2 Å². The lowest BCUT2D eigenvalue weighted by Gasteiger charge is -2.27. The molecule has 1 aliphatic rings. The number of aliphatic hydroxyl groups is 1. The average Bonchev–Trinajstić information content (AvgIpc) is 2.45. The molecule has 2 heterocycles. The number of likely N-dealkylation sites (N-methyl/N-ethyl adjacent to an activating group) is 1. The fourth-order valence-corrected chi connectivity index (χ4v) is 2.38. The van der Waals surface area contributed by atoms with E-state index >= 15 is 0 Å². The Kier molecular flexibility index (Phi) is 5.15. The number of rotatable bonds is 5. The Morgan fingerprint density at radius 3 is 2.58 bits per heavy atom. The number of aromatic nitrogens is 3. The summed E-state index contributed by atoms with van der Waals surface area (Å²) in [7, 11) is 0. The van der Waals surface area contributed by atoms with Gasteiger partial charge in [-0.1, -0.05) is 0 Å². The molecule has 1 saturated heterocycles. The van der Waals surface area contributed by atoms with Gasteiger partial charge in [0.05, 0.1) is 6.61 Å². The topological polar surface area (TPSA) is 65.4 Å². The molecule has 2 rings (SSSR count). The SMILES string of the molecule is CCN(CCO)c1nc(Cl)nc(N2CCCCC2)n1. The van der Waals surface area contributed by atoms with Crippen LogP contribution in [0.1, 0.15) is 26.2 Å². The highest BCUT2D eigenvalue weighted by Crippen LogP contribution is 2.20. The van der Waals surface area contributed by atoms with Crippen molar-refractivity contribution in [3.63, 3.8) is 0 Å². The molecule has 1 aromatic heterocycles. The van der Waals surface area contributed by atoms with Gasteiger partial charge in [0.2, 0.25) is 17.2 Å². The van der Waals surface area contributed by atoms with Gasteiger partial charge in [-0.15, -0.1) is 0 Å². The summed E-state index contributed by atoms with van der Waals surface area (Å²) >= 11 is 5.99. The fourth-order valence-electron chi connectivity index (χ4n) is 2.23. The van der Waals surface area contributed by atoms with E-state index in [1.54, 1.807) is 0 Å². The van der Waals surface area contributed by atoms with Gasteiger partial charge in [-0.3, -0.25) is 0 Å². The van der Waals surface area contributed by atoms with Crippen LogP contribution in [0.2, 0.25) is 5.28 Å². The molecule has 1 N–H and O–H groups in total. The van der Waals surface area contributed by atoms with Crippen molar-refractivity contribution < 1.29 is 5.11 Å². The molecule has 0 amide bonds. The Bertz CT molecular complexity index is 388. The van der Waals surface area contributed by atoms with Crippen molar-refractivity contribution in [3.05, 3.63) is 5.28 Å². The molecule has 0 atom stereocenters. The number of nitrogens with zero attached hydrogens (tertiary/aromatic N) is 5. The van der Waals surface area contributed by atoms with E-state index in [1.165, 1.54) is 6.42 Å². The first-order valence-electron chi connectivity index (χ1n) is 6.77. The van der Waals surface area contributed by atoms with Crippen LogP contribution in [0.5, 0.6) is 0 Å². The van der Waals surface area contributed by atoms with Crippen LogP contribution in [-0.2, 0) is 0 Å². The van der Waals surface area contributed by atoms with Gasteiger partial charge in [-0.25, -0.2) is 0 Å². The quantitative estimate of drug-likeness (QED) is 0.881. The molecular weight excluding hydrogens is 266 g/mol. The Labute approximate surface area is 118 Å². The van der Waals surface area contributed by atoms with E-state index in [0.717, 1.165) is 32.5 Å². The molecule has 106 valence electrons. The van der Waals surface area contributed by atoms with Crippen molar-refractivity contribution in [2.75, 3.05) is 42.6 Å². The van der Waals surface area contributed by atoms with Crippen LogP contribution < -0.4 is 9.80 Å². The normalized spacial score (nSPS) is 15.6. The van der Waals surface area contributed by atoms with E-state index in [2.05, 4.69) is 19.9 Å². The van der Waals surface area contributed by atoms with Gasteiger partial charge in [-0.2, -0.15) is 15.0 Å². The maximum atomic E-state index is 9.06. The molecule has 6 nitrogen and oxygen atoms in total. The lowest BCUT2D eigenvalue weighted by molar-refractivity contribution is 0.301. The van der Waals surface area contributed by atoms with Gasteiger partial charge in [0.15, 0.2) is 0 Å². The molecule has 0 bridgehead atoms. The van der Waals surface area contributed by atoms with Gasteiger partial charge in [0, 0.05) is 26.2 Å². The monoisotopic (exact) mass is 285 g/mol. The smallest absolute Gasteiger partial charge is 0.231 e. The number of aliphatic hydroxyl groups excluding tert-OH is 1. The van der Waals surface area contributed by atoms with E-state index in [9.17, 15) is 0 Å². The third-order valence-electron chi connectivity index (χ3n) is 3.26. The molecule has 7 heteroatoms. The molecule has 0 unspecified atom stereocenters. The summed E-state index contributed by atoms with van der Waals surface area (Å²) in [5.74, 6) is 1.18. The molecule has 1 aromatic rings. The van der Waals surface area contributed by atoms with Crippen LogP contribution in [-0.4, -0.2) is 52.8 Å². The minimum Gasteiger partial charge on any atom is -0.395 e. The Hall–Kier alpha value is -1.14. The van der Waals surface area contributed by atoms with Crippen molar-refractivity contribution in [1.82, 2.24) is 15.0 Å². The summed E-state index contributed by atoms with van der Waals surface area (Å²) in [4.78, 5) is 16.9. The molecule has 1 fully saturated rings. The first-order chi connectivity index (χ1) is 9.24. The van der Waals surface area contributed by atoms with Crippen molar-refractivity contribution in [3.8, 4) is 0 Å². The van der Waals surface area contributed by atoms with E-state index < -0.39 is 0 Å². The highest BCUT2D eigenvalue weighted by Gasteiger charge is 2.17. The largest absolute Gasteiger partial charge is 0.395 e. The van der Waals surface area contributed by atoms with Gasteiger partial charge in [0.1, 0.15) is 0 Å². The molecule has 1 aliphatic heterocycles.